The highest BCUT2D eigenvalue weighted by Crippen LogP contribution is 2.20. The predicted octanol–water partition coefficient (Wildman–Crippen LogP) is 2.62. The first-order valence-electron chi connectivity index (χ1n) is 6.09. The van der Waals surface area contributed by atoms with Gasteiger partial charge < -0.3 is 5.73 Å². The van der Waals surface area contributed by atoms with E-state index in [1.807, 2.05) is 36.4 Å². The monoisotopic (exact) mass is 285 g/mol. The van der Waals surface area contributed by atoms with Gasteiger partial charge in [-0.3, -0.25) is 0 Å². The number of nitrogen functional groups attached to an aromatic ring is 1. The van der Waals surface area contributed by atoms with Crippen molar-refractivity contribution >= 4 is 17.3 Å². The molecule has 0 radical (unpaired) electrons. The molecule has 1 heterocycles. The molecule has 0 amide bonds. The number of halogens is 1. The van der Waals surface area contributed by atoms with Gasteiger partial charge in [-0.25, -0.2) is 0 Å². The van der Waals surface area contributed by atoms with Crippen molar-refractivity contribution in [3.05, 3.63) is 59.1 Å². The summed E-state index contributed by atoms with van der Waals surface area (Å²) < 4.78 is 0. The zero-order chi connectivity index (χ0) is 13.9. The summed E-state index contributed by atoms with van der Waals surface area (Å²) in [6, 6.07) is 15.0. The quantitative estimate of drug-likeness (QED) is 0.751. The van der Waals surface area contributed by atoms with Crippen LogP contribution in [0.2, 0.25) is 5.02 Å². The van der Waals surface area contributed by atoms with E-state index in [-0.39, 0.29) is 0 Å². The fourth-order valence-corrected chi connectivity index (χ4v) is 2.06. The zero-order valence-electron chi connectivity index (χ0n) is 10.6. The number of benzene rings is 2. The molecule has 0 saturated carbocycles. The smallest absolute Gasteiger partial charge is 0.204 e. The fourth-order valence-electron chi connectivity index (χ4n) is 1.88. The molecule has 0 fully saturated rings. The molecule has 3 rings (SSSR count). The minimum Gasteiger partial charge on any atom is -0.399 e. The van der Waals surface area contributed by atoms with Crippen molar-refractivity contribution in [2.45, 2.75) is 6.54 Å². The SMILES string of the molecule is Nc1ccc(Cl)c(Cn2nnc(-c3ccccc3)n2)c1. The number of hydrogen-bond donors (Lipinski definition) is 1. The first-order chi connectivity index (χ1) is 9.72. The van der Waals surface area contributed by atoms with Gasteiger partial charge in [-0.1, -0.05) is 41.9 Å². The summed E-state index contributed by atoms with van der Waals surface area (Å²) in [6.45, 7) is 0.434. The fraction of sp³-hybridized carbons (Fsp3) is 0.0714. The summed E-state index contributed by atoms with van der Waals surface area (Å²) in [5.41, 5.74) is 8.21. The van der Waals surface area contributed by atoms with E-state index in [1.165, 1.54) is 4.80 Å². The third kappa shape index (κ3) is 2.62. The molecule has 0 aliphatic carbocycles. The molecule has 2 aromatic carbocycles. The van der Waals surface area contributed by atoms with Crippen LogP contribution in [0, 0.1) is 0 Å². The second kappa shape index (κ2) is 5.30. The van der Waals surface area contributed by atoms with E-state index in [4.69, 9.17) is 17.3 Å². The molecular formula is C14H12ClN5. The number of anilines is 1. The van der Waals surface area contributed by atoms with E-state index >= 15 is 0 Å². The van der Waals surface area contributed by atoms with Crippen LogP contribution in [-0.4, -0.2) is 20.2 Å². The van der Waals surface area contributed by atoms with E-state index in [1.54, 1.807) is 12.1 Å². The molecule has 20 heavy (non-hydrogen) atoms. The van der Waals surface area contributed by atoms with E-state index in [0.717, 1.165) is 11.1 Å². The summed E-state index contributed by atoms with van der Waals surface area (Å²) in [7, 11) is 0. The van der Waals surface area contributed by atoms with Gasteiger partial charge in [0.25, 0.3) is 0 Å². The Morgan fingerprint density at radius 1 is 1.10 bits per heavy atom. The van der Waals surface area contributed by atoms with Crippen LogP contribution in [-0.2, 0) is 6.54 Å². The van der Waals surface area contributed by atoms with E-state index in [0.29, 0.717) is 23.1 Å². The van der Waals surface area contributed by atoms with Gasteiger partial charge in [-0.05, 0) is 29.0 Å². The molecule has 6 heteroatoms. The van der Waals surface area contributed by atoms with Gasteiger partial charge in [0.15, 0.2) is 0 Å². The molecule has 0 aliphatic heterocycles. The topological polar surface area (TPSA) is 69.6 Å². The third-order valence-corrected chi connectivity index (χ3v) is 3.24. The summed E-state index contributed by atoms with van der Waals surface area (Å²) >= 11 is 6.13. The maximum atomic E-state index is 6.13. The van der Waals surface area contributed by atoms with Gasteiger partial charge in [-0.2, -0.15) is 4.80 Å². The first kappa shape index (κ1) is 12.6. The van der Waals surface area contributed by atoms with Gasteiger partial charge in [0.1, 0.15) is 0 Å². The maximum Gasteiger partial charge on any atom is 0.204 e. The Morgan fingerprint density at radius 2 is 1.90 bits per heavy atom. The Kier molecular flexibility index (Phi) is 3.35. The predicted molar refractivity (Wildman–Crippen MR) is 78.2 cm³/mol. The lowest BCUT2D eigenvalue weighted by Gasteiger charge is -2.03. The lowest BCUT2D eigenvalue weighted by molar-refractivity contribution is 0.573. The molecule has 3 aromatic rings. The van der Waals surface area contributed by atoms with Crippen LogP contribution in [0.1, 0.15) is 5.56 Å². The molecule has 2 N–H and O–H groups in total. The Bertz CT molecular complexity index is 723. The van der Waals surface area contributed by atoms with Crippen molar-refractivity contribution in [2.75, 3.05) is 5.73 Å². The van der Waals surface area contributed by atoms with Crippen molar-refractivity contribution < 1.29 is 0 Å². The number of tetrazole rings is 1. The lowest BCUT2D eigenvalue weighted by atomic mass is 10.2. The van der Waals surface area contributed by atoms with Crippen LogP contribution in [0.25, 0.3) is 11.4 Å². The Morgan fingerprint density at radius 3 is 2.70 bits per heavy atom. The highest BCUT2D eigenvalue weighted by atomic mass is 35.5. The lowest BCUT2D eigenvalue weighted by Crippen LogP contribution is -2.05. The van der Waals surface area contributed by atoms with Crippen LogP contribution in [0.3, 0.4) is 0 Å². The molecule has 0 aliphatic rings. The van der Waals surface area contributed by atoms with Crippen molar-refractivity contribution in [1.82, 2.24) is 20.2 Å². The van der Waals surface area contributed by atoms with E-state index in [2.05, 4.69) is 15.4 Å². The normalized spacial score (nSPS) is 10.7. The molecule has 0 saturated heterocycles. The number of nitrogens with two attached hydrogens (primary N) is 1. The van der Waals surface area contributed by atoms with E-state index in [9.17, 15) is 0 Å². The molecule has 0 unspecified atom stereocenters. The van der Waals surface area contributed by atoms with E-state index < -0.39 is 0 Å². The van der Waals surface area contributed by atoms with Crippen LogP contribution >= 0.6 is 11.6 Å². The minimum atomic E-state index is 0.434. The van der Waals surface area contributed by atoms with Crippen molar-refractivity contribution in [3.63, 3.8) is 0 Å². The molecule has 1 aromatic heterocycles. The Hall–Kier alpha value is -2.40. The molecule has 5 nitrogen and oxygen atoms in total. The van der Waals surface area contributed by atoms with Crippen LogP contribution < -0.4 is 5.73 Å². The Balaban J connectivity index is 1.86. The van der Waals surface area contributed by atoms with Gasteiger partial charge in [0, 0.05) is 16.3 Å². The summed E-state index contributed by atoms with van der Waals surface area (Å²) in [6.07, 6.45) is 0. The second-order valence-corrected chi connectivity index (χ2v) is 4.77. The van der Waals surface area contributed by atoms with Crippen molar-refractivity contribution in [3.8, 4) is 11.4 Å². The molecule has 100 valence electrons. The third-order valence-electron chi connectivity index (χ3n) is 2.87. The van der Waals surface area contributed by atoms with Crippen molar-refractivity contribution in [1.29, 1.82) is 0 Å². The number of nitrogens with zero attached hydrogens (tertiary/aromatic N) is 4. The maximum absolute atomic E-state index is 6.13. The van der Waals surface area contributed by atoms with Gasteiger partial charge in [0.2, 0.25) is 5.82 Å². The average Bonchev–Trinajstić information content (AvgIpc) is 2.92. The highest BCUT2D eigenvalue weighted by Gasteiger charge is 2.07. The molecule has 0 bridgehead atoms. The zero-order valence-corrected chi connectivity index (χ0v) is 11.3. The van der Waals surface area contributed by atoms with Gasteiger partial charge in [-0.15, -0.1) is 10.2 Å². The second-order valence-electron chi connectivity index (χ2n) is 4.36. The molecule has 0 spiro atoms. The summed E-state index contributed by atoms with van der Waals surface area (Å²) in [4.78, 5) is 1.50. The Labute approximate surface area is 121 Å². The van der Waals surface area contributed by atoms with Crippen molar-refractivity contribution in [2.24, 2.45) is 0 Å². The molecular weight excluding hydrogens is 274 g/mol. The number of aromatic nitrogens is 4. The number of hydrogen-bond acceptors (Lipinski definition) is 4. The van der Waals surface area contributed by atoms with Crippen LogP contribution in [0.5, 0.6) is 0 Å². The number of rotatable bonds is 3. The first-order valence-corrected chi connectivity index (χ1v) is 6.47. The largest absolute Gasteiger partial charge is 0.399 e. The van der Waals surface area contributed by atoms with Crippen LogP contribution in [0.4, 0.5) is 5.69 Å². The summed E-state index contributed by atoms with van der Waals surface area (Å²) in [5.74, 6) is 0.589. The van der Waals surface area contributed by atoms with Crippen LogP contribution in [0.15, 0.2) is 48.5 Å². The average molecular weight is 286 g/mol. The van der Waals surface area contributed by atoms with Gasteiger partial charge in [0.05, 0.1) is 6.54 Å². The highest BCUT2D eigenvalue weighted by molar-refractivity contribution is 6.31. The summed E-state index contributed by atoms with van der Waals surface area (Å²) in [5, 5.41) is 13.1. The molecule has 0 atom stereocenters. The van der Waals surface area contributed by atoms with Gasteiger partial charge >= 0.3 is 0 Å². The standard InChI is InChI=1S/C14H12ClN5/c15-13-7-6-12(16)8-11(13)9-20-18-14(17-19-20)10-4-2-1-3-5-10/h1-8H,9,16H2. The minimum absolute atomic E-state index is 0.434.